The van der Waals surface area contributed by atoms with Crippen LogP contribution in [0.15, 0.2) is 60.7 Å². The fourth-order valence-electron chi connectivity index (χ4n) is 3.03. The Hall–Kier alpha value is -2.62. The van der Waals surface area contributed by atoms with Gasteiger partial charge in [0.2, 0.25) is 5.91 Å². The van der Waals surface area contributed by atoms with Gasteiger partial charge in [0, 0.05) is 5.92 Å². The van der Waals surface area contributed by atoms with E-state index in [1.54, 1.807) is 0 Å². The van der Waals surface area contributed by atoms with E-state index in [0.29, 0.717) is 6.42 Å². The fourth-order valence-corrected chi connectivity index (χ4v) is 3.03. The number of carbonyl (C=O) groups is 2. The van der Waals surface area contributed by atoms with Gasteiger partial charge in [0.15, 0.2) is 6.10 Å². The predicted molar refractivity (Wildman–Crippen MR) is 91.1 cm³/mol. The monoisotopic (exact) mass is 323 g/mol. The number of carbonyl (C=O) groups excluding carboxylic acids is 2. The highest BCUT2D eigenvalue weighted by atomic mass is 16.5. The minimum Gasteiger partial charge on any atom is -0.451 e. The standard InChI is InChI=1S/C20H21NO3/c1-2-14-13-17(21-19(14)22)20(23)24-18(15-9-5-3-6-10-15)16-11-7-4-8-12-16/h3-12,14,17-18H,2,13H2,1H3,(H,21,22)/t14-,17+/m1/s1. The van der Waals surface area contributed by atoms with E-state index in [4.69, 9.17) is 4.74 Å². The Morgan fingerprint density at radius 2 is 1.62 bits per heavy atom. The van der Waals surface area contributed by atoms with Crippen molar-refractivity contribution < 1.29 is 14.3 Å². The third-order valence-electron chi connectivity index (χ3n) is 4.42. The number of ether oxygens (including phenoxy) is 1. The van der Waals surface area contributed by atoms with Crippen molar-refractivity contribution in [1.82, 2.24) is 5.32 Å². The van der Waals surface area contributed by atoms with E-state index in [1.165, 1.54) is 0 Å². The minimum absolute atomic E-state index is 0.0598. The zero-order chi connectivity index (χ0) is 16.9. The predicted octanol–water partition coefficient (Wildman–Crippen LogP) is 3.23. The van der Waals surface area contributed by atoms with Gasteiger partial charge >= 0.3 is 5.97 Å². The van der Waals surface area contributed by atoms with Gasteiger partial charge in [-0.25, -0.2) is 4.79 Å². The van der Waals surface area contributed by atoms with Crippen molar-refractivity contribution in [3.05, 3.63) is 71.8 Å². The summed E-state index contributed by atoms with van der Waals surface area (Å²) in [7, 11) is 0. The maximum atomic E-state index is 12.6. The van der Waals surface area contributed by atoms with Crippen LogP contribution >= 0.6 is 0 Å². The number of rotatable bonds is 5. The highest BCUT2D eigenvalue weighted by Crippen LogP contribution is 2.28. The molecule has 1 saturated heterocycles. The third-order valence-corrected chi connectivity index (χ3v) is 4.42. The summed E-state index contributed by atoms with van der Waals surface area (Å²) in [6.07, 6.45) is 0.762. The van der Waals surface area contributed by atoms with Gasteiger partial charge in [0.25, 0.3) is 0 Å². The summed E-state index contributed by atoms with van der Waals surface area (Å²) in [5.74, 6) is -0.540. The van der Waals surface area contributed by atoms with Crippen LogP contribution in [0.1, 0.15) is 37.0 Å². The van der Waals surface area contributed by atoms with E-state index >= 15 is 0 Å². The van der Waals surface area contributed by atoms with Crippen LogP contribution in [-0.4, -0.2) is 17.9 Å². The summed E-state index contributed by atoms with van der Waals surface area (Å²) in [6.45, 7) is 1.95. The molecular weight excluding hydrogens is 302 g/mol. The van der Waals surface area contributed by atoms with Crippen molar-refractivity contribution >= 4 is 11.9 Å². The quantitative estimate of drug-likeness (QED) is 0.860. The fraction of sp³-hybridized carbons (Fsp3) is 0.300. The normalized spacial score (nSPS) is 20.0. The molecule has 1 aliphatic heterocycles. The molecule has 4 heteroatoms. The van der Waals surface area contributed by atoms with Crippen molar-refractivity contribution in [2.45, 2.75) is 31.9 Å². The van der Waals surface area contributed by atoms with E-state index in [0.717, 1.165) is 17.5 Å². The molecule has 24 heavy (non-hydrogen) atoms. The Labute approximate surface area is 141 Å². The summed E-state index contributed by atoms with van der Waals surface area (Å²) < 4.78 is 5.79. The molecule has 0 radical (unpaired) electrons. The minimum atomic E-state index is -0.558. The van der Waals surface area contributed by atoms with Gasteiger partial charge < -0.3 is 10.1 Å². The first-order chi connectivity index (χ1) is 11.7. The van der Waals surface area contributed by atoms with E-state index in [9.17, 15) is 9.59 Å². The van der Waals surface area contributed by atoms with Gasteiger partial charge in [-0.3, -0.25) is 4.79 Å². The zero-order valence-corrected chi connectivity index (χ0v) is 13.6. The van der Waals surface area contributed by atoms with Crippen LogP contribution in [0.2, 0.25) is 0 Å². The summed E-state index contributed by atoms with van der Waals surface area (Å²) in [5, 5.41) is 2.75. The molecule has 1 aliphatic rings. The topological polar surface area (TPSA) is 55.4 Å². The molecule has 0 aromatic heterocycles. The van der Waals surface area contributed by atoms with Crippen LogP contribution in [0.5, 0.6) is 0 Å². The molecule has 1 heterocycles. The van der Waals surface area contributed by atoms with E-state index in [-0.39, 0.29) is 17.8 Å². The molecule has 1 amide bonds. The van der Waals surface area contributed by atoms with Crippen LogP contribution in [-0.2, 0) is 14.3 Å². The van der Waals surface area contributed by atoms with Crippen LogP contribution in [0, 0.1) is 5.92 Å². The Bertz CT molecular complexity index is 660. The first-order valence-electron chi connectivity index (χ1n) is 8.29. The first kappa shape index (κ1) is 16.2. The molecule has 1 N–H and O–H groups in total. The number of esters is 1. The summed E-state index contributed by atoms with van der Waals surface area (Å²) in [5.41, 5.74) is 1.82. The number of nitrogens with one attached hydrogen (secondary N) is 1. The van der Waals surface area contributed by atoms with E-state index in [1.807, 2.05) is 67.6 Å². The number of benzene rings is 2. The van der Waals surface area contributed by atoms with Crippen LogP contribution < -0.4 is 5.32 Å². The second-order valence-corrected chi connectivity index (χ2v) is 6.04. The maximum Gasteiger partial charge on any atom is 0.329 e. The van der Waals surface area contributed by atoms with Gasteiger partial charge in [-0.15, -0.1) is 0 Å². The summed E-state index contributed by atoms with van der Waals surface area (Å²) in [4.78, 5) is 24.4. The Morgan fingerprint density at radius 3 is 2.08 bits per heavy atom. The number of hydrogen-bond acceptors (Lipinski definition) is 3. The van der Waals surface area contributed by atoms with Crippen molar-refractivity contribution in [3.8, 4) is 0 Å². The van der Waals surface area contributed by atoms with Gasteiger partial charge in [-0.2, -0.15) is 0 Å². The average molecular weight is 323 g/mol. The van der Waals surface area contributed by atoms with Crippen LogP contribution in [0.4, 0.5) is 0 Å². The smallest absolute Gasteiger partial charge is 0.329 e. The molecule has 4 nitrogen and oxygen atoms in total. The third kappa shape index (κ3) is 3.48. The second kappa shape index (κ2) is 7.30. The molecule has 3 rings (SSSR count). The van der Waals surface area contributed by atoms with Crippen molar-refractivity contribution in [1.29, 1.82) is 0 Å². The van der Waals surface area contributed by atoms with Crippen molar-refractivity contribution in [2.75, 3.05) is 0 Å². The molecule has 1 fully saturated rings. The summed E-state index contributed by atoms with van der Waals surface area (Å²) >= 11 is 0. The Morgan fingerprint density at radius 1 is 1.08 bits per heavy atom. The molecule has 0 spiro atoms. The van der Waals surface area contributed by atoms with Gasteiger partial charge in [0.1, 0.15) is 6.04 Å². The average Bonchev–Trinajstić information content (AvgIpc) is 3.02. The van der Waals surface area contributed by atoms with Gasteiger partial charge in [-0.05, 0) is 24.0 Å². The molecule has 2 aromatic rings. The van der Waals surface area contributed by atoms with Gasteiger partial charge in [-0.1, -0.05) is 67.6 Å². The Kier molecular flexibility index (Phi) is 4.94. The second-order valence-electron chi connectivity index (χ2n) is 6.04. The van der Waals surface area contributed by atoms with Crippen LogP contribution in [0.3, 0.4) is 0 Å². The lowest BCUT2D eigenvalue weighted by atomic mass is 10.0. The highest BCUT2D eigenvalue weighted by Gasteiger charge is 2.37. The zero-order valence-electron chi connectivity index (χ0n) is 13.6. The molecule has 0 bridgehead atoms. The van der Waals surface area contributed by atoms with E-state index in [2.05, 4.69) is 5.32 Å². The first-order valence-corrected chi connectivity index (χ1v) is 8.29. The molecule has 0 aliphatic carbocycles. The molecule has 2 atom stereocenters. The molecule has 124 valence electrons. The highest BCUT2D eigenvalue weighted by molar-refractivity contribution is 5.89. The lowest BCUT2D eigenvalue weighted by Crippen LogP contribution is -2.35. The van der Waals surface area contributed by atoms with E-state index < -0.39 is 12.1 Å². The SMILES string of the molecule is CC[C@@H]1C[C@@H](C(=O)OC(c2ccccc2)c2ccccc2)NC1=O. The van der Waals surface area contributed by atoms with Gasteiger partial charge in [0.05, 0.1) is 0 Å². The molecule has 2 aromatic carbocycles. The Balaban J connectivity index is 1.80. The van der Waals surface area contributed by atoms with Crippen molar-refractivity contribution in [2.24, 2.45) is 5.92 Å². The molecular formula is C20H21NO3. The lowest BCUT2D eigenvalue weighted by molar-refractivity contribution is -0.150. The number of amides is 1. The number of hydrogen-bond donors (Lipinski definition) is 1. The summed E-state index contributed by atoms with van der Waals surface area (Å²) in [6, 6.07) is 18.7. The molecule has 0 unspecified atom stereocenters. The maximum absolute atomic E-state index is 12.6. The largest absolute Gasteiger partial charge is 0.451 e. The van der Waals surface area contributed by atoms with Crippen LogP contribution in [0.25, 0.3) is 0 Å². The van der Waals surface area contributed by atoms with Crippen molar-refractivity contribution in [3.63, 3.8) is 0 Å². The lowest BCUT2D eigenvalue weighted by Gasteiger charge is -2.21. The molecule has 0 saturated carbocycles.